The fourth-order valence-corrected chi connectivity index (χ4v) is 4.23. The number of benzene rings is 1. The van der Waals surface area contributed by atoms with E-state index in [1.165, 1.54) is 0 Å². The molecule has 0 radical (unpaired) electrons. The van der Waals surface area contributed by atoms with E-state index < -0.39 is 5.54 Å². The highest BCUT2D eigenvalue weighted by Gasteiger charge is 2.46. The summed E-state index contributed by atoms with van der Waals surface area (Å²) >= 11 is 1.56. The monoisotopic (exact) mass is 383 g/mol. The molecule has 2 aliphatic heterocycles. The lowest BCUT2D eigenvalue weighted by Crippen LogP contribution is -2.50. The van der Waals surface area contributed by atoms with E-state index in [2.05, 4.69) is 15.3 Å². The summed E-state index contributed by atoms with van der Waals surface area (Å²) in [5.41, 5.74) is 0.212. The zero-order valence-corrected chi connectivity index (χ0v) is 16.1. The number of piperidine rings is 1. The Hall–Kier alpha value is -2.74. The minimum absolute atomic E-state index is 0.0562. The van der Waals surface area contributed by atoms with Crippen molar-refractivity contribution in [1.82, 2.24) is 20.1 Å². The summed E-state index contributed by atoms with van der Waals surface area (Å²) in [6.45, 7) is 1.03. The van der Waals surface area contributed by atoms with Gasteiger partial charge in [0.05, 0.1) is 10.2 Å². The van der Waals surface area contributed by atoms with Gasteiger partial charge in [0.2, 0.25) is 11.9 Å². The highest BCUT2D eigenvalue weighted by atomic mass is 32.1. The number of rotatable bonds is 2. The minimum atomic E-state index is -0.729. The fourth-order valence-electron chi connectivity index (χ4n) is 3.36. The largest absolute Gasteiger partial charge is 0.349 e. The van der Waals surface area contributed by atoms with E-state index in [1.54, 1.807) is 33.3 Å². The van der Waals surface area contributed by atoms with Gasteiger partial charge in [0.25, 0.3) is 5.91 Å². The average Bonchev–Trinajstić information content (AvgIpc) is 3.22. The molecule has 7 nitrogen and oxygen atoms in total. The molecule has 2 amide bonds. The fraction of sp³-hybridized carbons (Fsp3) is 0.368. The Bertz CT molecular complexity index is 921. The van der Waals surface area contributed by atoms with Crippen LogP contribution in [0.15, 0.2) is 35.3 Å². The number of carbonyl (C=O) groups is 2. The number of carbonyl (C=O) groups excluding carboxylic acids is 2. The summed E-state index contributed by atoms with van der Waals surface area (Å²) < 4.78 is 1.10. The van der Waals surface area contributed by atoms with Crippen LogP contribution in [0.25, 0.3) is 16.3 Å². The lowest BCUT2D eigenvalue weighted by molar-refractivity contribution is -0.131. The first-order valence-electron chi connectivity index (χ1n) is 8.88. The maximum atomic E-state index is 12.5. The van der Waals surface area contributed by atoms with Crippen LogP contribution in [0.4, 0.5) is 0 Å². The van der Waals surface area contributed by atoms with E-state index in [4.69, 9.17) is 0 Å². The number of amides is 2. The Morgan fingerprint density at radius 1 is 1.30 bits per heavy atom. The lowest BCUT2D eigenvalue weighted by Gasteiger charge is -2.34. The minimum Gasteiger partial charge on any atom is -0.349 e. The summed E-state index contributed by atoms with van der Waals surface area (Å²) in [4.78, 5) is 37.5. The number of para-hydroxylation sites is 1. The maximum Gasteiger partial charge on any atom is 0.254 e. The smallest absolute Gasteiger partial charge is 0.254 e. The number of thiazole rings is 1. The first kappa shape index (κ1) is 17.7. The molecule has 1 aromatic heterocycles. The number of hydrogen-bond acceptors (Lipinski definition) is 6. The van der Waals surface area contributed by atoms with E-state index in [-0.39, 0.29) is 11.8 Å². The number of hydrogen-bond donors (Lipinski definition) is 1. The third kappa shape index (κ3) is 3.32. The van der Waals surface area contributed by atoms with Crippen LogP contribution in [0.5, 0.6) is 0 Å². The number of nitrogens with one attached hydrogen (secondary N) is 1. The van der Waals surface area contributed by atoms with Crippen LogP contribution in [0.1, 0.15) is 17.8 Å². The first-order chi connectivity index (χ1) is 13.0. The van der Waals surface area contributed by atoms with Gasteiger partial charge in [-0.1, -0.05) is 12.1 Å². The zero-order chi connectivity index (χ0) is 19.0. The number of aliphatic imine (C=N–C) groups is 1. The molecule has 3 heterocycles. The maximum absolute atomic E-state index is 12.5. The zero-order valence-electron chi connectivity index (χ0n) is 15.3. The van der Waals surface area contributed by atoms with Gasteiger partial charge in [-0.25, -0.2) is 9.98 Å². The van der Waals surface area contributed by atoms with E-state index in [0.29, 0.717) is 31.9 Å². The van der Waals surface area contributed by atoms with Crippen molar-refractivity contribution >= 4 is 45.4 Å². The topological polar surface area (TPSA) is 77.9 Å². The van der Waals surface area contributed by atoms with Gasteiger partial charge >= 0.3 is 0 Å². The summed E-state index contributed by atoms with van der Waals surface area (Å²) in [7, 11) is 3.70. The molecule has 0 bridgehead atoms. The molecule has 1 N–H and O–H groups in total. The number of guanidine groups is 1. The van der Waals surface area contributed by atoms with Crippen LogP contribution < -0.4 is 5.32 Å². The van der Waals surface area contributed by atoms with E-state index in [0.717, 1.165) is 15.2 Å². The molecule has 4 rings (SSSR count). The summed E-state index contributed by atoms with van der Waals surface area (Å²) in [6.07, 6.45) is 4.41. The van der Waals surface area contributed by atoms with Crippen LogP contribution in [0.3, 0.4) is 0 Å². The molecule has 0 aliphatic carbocycles. The van der Waals surface area contributed by atoms with Crippen molar-refractivity contribution in [1.29, 1.82) is 0 Å². The van der Waals surface area contributed by atoms with Gasteiger partial charge in [-0.3, -0.25) is 14.9 Å². The molecular weight excluding hydrogens is 362 g/mol. The second-order valence-corrected chi connectivity index (χ2v) is 8.06. The van der Waals surface area contributed by atoms with Crippen LogP contribution in [0, 0.1) is 0 Å². The number of nitrogens with zero attached hydrogens (tertiary/aromatic N) is 4. The van der Waals surface area contributed by atoms with Crippen molar-refractivity contribution in [2.45, 2.75) is 18.4 Å². The molecule has 140 valence electrons. The van der Waals surface area contributed by atoms with Crippen molar-refractivity contribution in [2.24, 2.45) is 4.99 Å². The molecule has 2 aliphatic rings. The summed E-state index contributed by atoms with van der Waals surface area (Å²) in [6, 6.07) is 7.91. The van der Waals surface area contributed by atoms with Gasteiger partial charge in [0.1, 0.15) is 10.5 Å². The van der Waals surface area contributed by atoms with E-state index in [9.17, 15) is 9.59 Å². The number of aromatic nitrogens is 1. The Kier molecular flexibility index (Phi) is 4.43. The second-order valence-electron chi connectivity index (χ2n) is 6.99. The van der Waals surface area contributed by atoms with Crippen LogP contribution in [-0.4, -0.2) is 65.3 Å². The quantitative estimate of drug-likeness (QED) is 0.801. The summed E-state index contributed by atoms with van der Waals surface area (Å²) in [5, 5.41) is 3.64. The second kappa shape index (κ2) is 6.77. The molecule has 1 spiro atoms. The number of fused-ring (bicyclic) bond motifs is 1. The predicted octanol–water partition coefficient (Wildman–Crippen LogP) is 1.72. The van der Waals surface area contributed by atoms with Crippen LogP contribution >= 0.6 is 11.3 Å². The summed E-state index contributed by atoms with van der Waals surface area (Å²) in [5.74, 6) is 0.471. The van der Waals surface area contributed by atoms with Crippen LogP contribution in [0.2, 0.25) is 0 Å². The van der Waals surface area contributed by atoms with Crippen molar-refractivity contribution < 1.29 is 9.59 Å². The predicted molar refractivity (Wildman–Crippen MR) is 106 cm³/mol. The average molecular weight is 383 g/mol. The first-order valence-corrected chi connectivity index (χ1v) is 9.70. The molecule has 8 heteroatoms. The standard InChI is InChI=1S/C19H21N5O2S/c1-23(2)18-21-17(26)19(22-18)9-11-24(12-10-19)16(25)8-7-15-20-13-5-3-4-6-14(13)27-15/h3-8H,9-12H2,1-2H3,(H,21,22,26). The molecule has 27 heavy (non-hydrogen) atoms. The molecule has 0 atom stereocenters. The molecule has 0 saturated carbocycles. The van der Waals surface area contributed by atoms with Gasteiger partial charge in [-0.2, -0.15) is 0 Å². The molecular formula is C19H21N5O2S. The van der Waals surface area contributed by atoms with Crippen molar-refractivity contribution in [3.8, 4) is 0 Å². The Balaban J connectivity index is 1.41. The van der Waals surface area contributed by atoms with Crippen molar-refractivity contribution in [3.63, 3.8) is 0 Å². The third-order valence-corrected chi connectivity index (χ3v) is 5.97. The van der Waals surface area contributed by atoms with Crippen molar-refractivity contribution in [2.75, 3.05) is 27.2 Å². The van der Waals surface area contributed by atoms with Gasteiger partial charge in [-0.15, -0.1) is 11.3 Å². The highest BCUT2D eigenvalue weighted by molar-refractivity contribution is 7.19. The van der Waals surface area contributed by atoms with Gasteiger partial charge in [-0.05, 0) is 31.1 Å². The molecule has 1 saturated heterocycles. The third-order valence-electron chi connectivity index (χ3n) is 4.97. The lowest BCUT2D eigenvalue weighted by atomic mass is 9.88. The van der Waals surface area contributed by atoms with Gasteiger partial charge in [0, 0.05) is 33.3 Å². The van der Waals surface area contributed by atoms with Crippen LogP contribution in [-0.2, 0) is 9.59 Å². The molecule has 0 unspecified atom stereocenters. The Labute approximate surface area is 161 Å². The Morgan fingerprint density at radius 3 is 2.70 bits per heavy atom. The molecule has 1 aromatic carbocycles. The SMILES string of the molecule is CN(C)C1=NC2(CCN(C(=O)C=Cc3nc4ccccc4s3)CC2)C(=O)N1. The van der Waals surface area contributed by atoms with E-state index >= 15 is 0 Å². The van der Waals surface area contributed by atoms with E-state index in [1.807, 2.05) is 38.4 Å². The normalized spacial score (nSPS) is 19.0. The van der Waals surface area contributed by atoms with Gasteiger partial charge < -0.3 is 9.80 Å². The Morgan fingerprint density at radius 2 is 2.04 bits per heavy atom. The highest BCUT2D eigenvalue weighted by Crippen LogP contribution is 2.30. The molecule has 1 fully saturated rings. The molecule has 2 aromatic rings. The van der Waals surface area contributed by atoms with Gasteiger partial charge in [0.15, 0.2) is 0 Å². The van der Waals surface area contributed by atoms with Crippen molar-refractivity contribution in [3.05, 3.63) is 35.3 Å². The number of likely N-dealkylation sites (tertiary alicyclic amines) is 1.